The van der Waals surface area contributed by atoms with Crippen LogP contribution in [0.4, 0.5) is 0 Å². The Morgan fingerprint density at radius 3 is 2.16 bits per heavy atom. The lowest BCUT2D eigenvalue weighted by Crippen LogP contribution is -2.64. The number of hydrogen-bond donors (Lipinski definition) is 1. The average Bonchev–Trinajstić information content (AvgIpc) is 2.67. The molecular weight excluding hydrogens is 376 g/mol. The zero-order chi connectivity index (χ0) is 22.7. The number of fused-ring (bicyclic) bond motifs is 7. The van der Waals surface area contributed by atoms with Crippen LogP contribution in [0, 0.1) is 50.2 Å². The van der Waals surface area contributed by atoms with Gasteiger partial charge in [0, 0.05) is 0 Å². The van der Waals surface area contributed by atoms with Gasteiger partial charge in [-0.25, -0.2) is 0 Å². The normalized spacial score (nSPS) is 55.2. The first kappa shape index (κ1) is 22.5. The van der Waals surface area contributed by atoms with Crippen molar-refractivity contribution in [3.05, 3.63) is 11.6 Å². The summed E-state index contributed by atoms with van der Waals surface area (Å²) in [5, 5.41) is 10.9. The lowest BCUT2D eigenvalue weighted by atomic mass is 9.33. The van der Waals surface area contributed by atoms with E-state index >= 15 is 0 Å². The van der Waals surface area contributed by atoms with Gasteiger partial charge in [0.1, 0.15) is 0 Å². The molecule has 0 aliphatic heterocycles. The first-order valence-electron chi connectivity index (χ1n) is 13.6. The molecule has 4 fully saturated rings. The molecule has 0 aromatic carbocycles. The molecule has 5 rings (SSSR count). The van der Waals surface area contributed by atoms with Crippen LogP contribution in [0.15, 0.2) is 11.6 Å². The van der Waals surface area contributed by atoms with Crippen molar-refractivity contribution in [1.29, 1.82) is 0 Å². The Morgan fingerprint density at radius 2 is 1.45 bits per heavy atom. The summed E-state index contributed by atoms with van der Waals surface area (Å²) >= 11 is 0. The third-order valence-corrected chi connectivity index (χ3v) is 13.0. The topological polar surface area (TPSA) is 20.2 Å². The minimum absolute atomic E-state index is 0.0533. The van der Waals surface area contributed by atoms with Crippen LogP contribution in [-0.2, 0) is 0 Å². The molecule has 1 N–H and O–H groups in total. The van der Waals surface area contributed by atoms with Gasteiger partial charge in [0.25, 0.3) is 0 Å². The summed E-state index contributed by atoms with van der Waals surface area (Å²) in [6.07, 6.45) is 15.9. The minimum atomic E-state index is -0.125. The van der Waals surface area contributed by atoms with Crippen LogP contribution in [0.5, 0.6) is 0 Å². The molecule has 0 aromatic heterocycles. The van der Waals surface area contributed by atoms with Crippen molar-refractivity contribution < 1.29 is 5.11 Å². The summed E-state index contributed by atoms with van der Waals surface area (Å²) in [4.78, 5) is 0. The SMILES string of the molecule is CC1(C)CC[C@]2(C)CC[C@@]3(C)C(=CCC4[C@@]5(C)CC[C@H](O)C(C)(C)C5CC[C@]43C)[C@@H]2C1. The Labute approximate surface area is 192 Å². The van der Waals surface area contributed by atoms with Crippen LogP contribution < -0.4 is 0 Å². The smallest absolute Gasteiger partial charge is 0.0594 e. The molecule has 5 aliphatic carbocycles. The van der Waals surface area contributed by atoms with Crippen LogP contribution in [0.3, 0.4) is 0 Å². The van der Waals surface area contributed by atoms with E-state index in [0.717, 1.165) is 18.3 Å². The van der Waals surface area contributed by atoms with E-state index in [4.69, 9.17) is 0 Å². The summed E-state index contributed by atoms with van der Waals surface area (Å²) in [7, 11) is 0. The largest absolute Gasteiger partial charge is 0.393 e. The fourth-order valence-electron chi connectivity index (χ4n) is 10.5. The van der Waals surface area contributed by atoms with Gasteiger partial charge in [0.15, 0.2) is 0 Å². The molecule has 0 amide bonds. The molecule has 5 aliphatic rings. The lowest BCUT2D eigenvalue weighted by Gasteiger charge is -2.71. The molecule has 0 radical (unpaired) electrons. The van der Waals surface area contributed by atoms with Gasteiger partial charge in [-0.2, -0.15) is 0 Å². The van der Waals surface area contributed by atoms with E-state index in [1.165, 1.54) is 57.8 Å². The van der Waals surface area contributed by atoms with Crippen molar-refractivity contribution in [2.24, 2.45) is 50.2 Å². The Bertz CT molecular complexity index is 790. The quantitative estimate of drug-likeness (QED) is 0.387. The molecule has 1 nitrogen and oxygen atoms in total. The first-order chi connectivity index (χ1) is 14.2. The fourth-order valence-corrected chi connectivity index (χ4v) is 10.5. The number of rotatable bonds is 0. The van der Waals surface area contributed by atoms with Gasteiger partial charge in [-0.3, -0.25) is 0 Å². The van der Waals surface area contributed by atoms with Crippen molar-refractivity contribution in [2.45, 2.75) is 126 Å². The van der Waals surface area contributed by atoms with Crippen molar-refractivity contribution in [3.63, 3.8) is 0 Å². The zero-order valence-corrected chi connectivity index (χ0v) is 21.9. The van der Waals surface area contributed by atoms with Crippen LogP contribution in [-0.4, -0.2) is 11.2 Å². The summed E-state index contributed by atoms with van der Waals surface area (Å²) in [5.41, 5.74) is 4.09. The highest BCUT2D eigenvalue weighted by atomic mass is 16.3. The maximum absolute atomic E-state index is 10.9. The molecule has 4 saturated carbocycles. The van der Waals surface area contributed by atoms with Gasteiger partial charge in [-0.15, -0.1) is 0 Å². The maximum Gasteiger partial charge on any atom is 0.0594 e. The third kappa shape index (κ3) is 2.77. The van der Waals surface area contributed by atoms with Crippen molar-refractivity contribution in [3.8, 4) is 0 Å². The number of hydrogen-bond acceptors (Lipinski definition) is 1. The molecule has 2 unspecified atom stereocenters. The zero-order valence-electron chi connectivity index (χ0n) is 21.9. The number of aliphatic hydroxyl groups is 1. The van der Waals surface area contributed by atoms with E-state index in [1.807, 2.05) is 5.57 Å². The molecule has 31 heavy (non-hydrogen) atoms. The van der Waals surface area contributed by atoms with E-state index < -0.39 is 0 Å². The lowest BCUT2D eigenvalue weighted by molar-refractivity contribution is -0.202. The number of allylic oxidation sites excluding steroid dienone is 2. The van der Waals surface area contributed by atoms with Crippen molar-refractivity contribution in [2.75, 3.05) is 0 Å². The van der Waals surface area contributed by atoms with Crippen molar-refractivity contribution >= 4 is 0 Å². The van der Waals surface area contributed by atoms with Gasteiger partial charge in [0.2, 0.25) is 0 Å². The standard InChI is InChI=1S/C30H50O/c1-25(2)15-16-27(5)17-18-29(7)20(21(27)19-25)9-10-23-28(6)13-12-24(31)26(3,4)22(28)11-14-30(23,29)8/h9,21-24,31H,10-19H2,1-8H3/t21-,22?,23?,24-,27+,28-,29-,30+/m0/s1. The summed E-state index contributed by atoms with van der Waals surface area (Å²) in [5.74, 6) is 2.21. The van der Waals surface area contributed by atoms with Crippen LogP contribution in [0.1, 0.15) is 120 Å². The molecule has 0 saturated heterocycles. The molecule has 8 atom stereocenters. The Balaban J connectivity index is 1.57. The summed E-state index contributed by atoms with van der Waals surface area (Å²) in [6, 6.07) is 0. The molecule has 0 spiro atoms. The summed E-state index contributed by atoms with van der Waals surface area (Å²) < 4.78 is 0. The van der Waals surface area contributed by atoms with E-state index in [2.05, 4.69) is 61.5 Å². The molecule has 176 valence electrons. The predicted octanol–water partition coefficient (Wildman–Crippen LogP) is 8.17. The number of aliphatic hydroxyl groups excluding tert-OH is 1. The second kappa shape index (κ2) is 6.43. The van der Waals surface area contributed by atoms with E-state index in [1.54, 1.807) is 0 Å². The monoisotopic (exact) mass is 426 g/mol. The second-order valence-electron chi connectivity index (χ2n) is 15.2. The van der Waals surface area contributed by atoms with E-state index in [-0.39, 0.29) is 11.5 Å². The van der Waals surface area contributed by atoms with Crippen LogP contribution in [0.2, 0.25) is 0 Å². The van der Waals surface area contributed by atoms with Crippen LogP contribution >= 0.6 is 0 Å². The second-order valence-corrected chi connectivity index (χ2v) is 15.2. The third-order valence-electron chi connectivity index (χ3n) is 13.0. The summed E-state index contributed by atoms with van der Waals surface area (Å²) in [6.45, 7) is 20.4. The molecule has 1 heteroatoms. The highest BCUT2D eigenvalue weighted by Gasteiger charge is 2.67. The highest BCUT2D eigenvalue weighted by Crippen LogP contribution is 2.75. The molecule has 0 aromatic rings. The minimum Gasteiger partial charge on any atom is -0.393 e. The van der Waals surface area contributed by atoms with Gasteiger partial charge in [0.05, 0.1) is 6.10 Å². The Morgan fingerprint density at radius 1 is 0.774 bits per heavy atom. The van der Waals surface area contributed by atoms with Gasteiger partial charge < -0.3 is 5.11 Å². The Hall–Kier alpha value is -0.300. The van der Waals surface area contributed by atoms with E-state index in [0.29, 0.717) is 33.0 Å². The van der Waals surface area contributed by atoms with E-state index in [9.17, 15) is 5.11 Å². The Kier molecular flexibility index (Phi) is 4.66. The molecule has 0 bridgehead atoms. The average molecular weight is 427 g/mol. The molecule has 0 heterocycles. The first-order valence-corrected chi connectivity index (χ1v) is 13.6. The fraction of sp³-hybridized carbons (Fsp3) is 0.933. The molecular formula is C30H50O. The van der Waals surface area contributed by atoms with Gasteiger partial charge in [-0.1, -0.05) is 67.0 Å². The predicted molar refractivity (Wildman–Crippen MR) is 131 cm³/mol. The highest BCUT2D eigenvalue weighted by molar-refractivity contribution is 5.33. The van der Waals surface area contributed by atoms with Gasteiger partial charge >= 0.3 is 0 Å². The van der Waals surface area contributed by atoms with Crippen LogP contribution in [0.25, 0.3) is 0 Å². The van der Waals surface area contributed by atoms with Crippen molar-refractivity contribution in [1.82, 2.24) is 0 Å². The maximum atomic E-state index is 10.9. The van der Waals surface area contributed by atoms with Gasteiger partial charge in [-0.05, 0) is 114 Å².